The number of aliphatic carboxylic acids is 1. The molecule has 0 aromatic heterocycles. The summed E-state index contributed by atoms with van der Waals surface area (Å²) in [7, 11) is 0. The van der Waals surface area contributed by atoms with Gasteiger partial charge in [-0.3, -0.25) is 0 Å². The molecule has 124 valence electrons. The highest BCUT2D eigenvalue weighted by Crippen LogP contribution is 2.63. The van der Waals surface area contributed by atoms with Crippen molar-refractivity contribution in [2.45, 2.75) is 72.6 Å². The Hall–Kier alpha value is -0.790. The lowest BCUT2D eigenvalue weighted by Crippen LogP contribution is -2.52. The number of carboxylic acids is 1. The molecule has 0 spiro atoms. The smallest absolute Gasteiger partial charge is 0.331 e. The van der Waals surface area contributed by atoms with Gasteiger partial charge in [-0.15, -0.1) is 0 Å². The standard InChI is InChI=1S/C20H32O2/c1-13-12-14(18(21)22)6-8-16-15(13)7-9-17-19(2,3)10-5-11-20(16,17)4/h6,13,15-17H,5,7-12H2,1-4H3,(H,21,22). The third-order valence-corrected chi connectivity index (χ3v) is 7.59. The number of rotatable bonds is 1. The van der Waals surface area contributed by atoms with E-state index in [0.717, 1.165) is 18.8 Å². The predicted octanol–water partition coefficient (Wildman–Crippen LogP) is 5.29. The summed E-state index contributed by atoms with van der Waals surface area (Å²) in [4.78, 5) is 11.5. The molecule has 0 bridgehead atoms. The molecule has 0 aromatic carbocycles. The van der Waals surface area contributed by atoms with Crippen LogP contribution in [0.15, 0.2) is 11.6 Å². The summed E-state index contributed by atoms with van der Waals surface area (Å²) in [6.07, 6.45) is 10.5. The van der Waals surface area contributed by atoms with Crippen LogP contribution < -0.4 is 0 Å². The van der Waals surface area contributed by atoms with Gasteiger partial charge < -0.3 is 5.11 Å². The van der Waals surface area contributed by atoms with Crippen molar-refractivity contribution in [2.24, 2.45) is 34.5 Å². The van der Waals surface area contributed by atoms with E-state index in [-0.39, 0.29) is 0 Å². The molecular formula is C20H32O2. The van der Waals surface area contributed by atoms with Crippen LogP contribution >= 0.6 is 0 Å². The lowest BCUT2D eigenvalue weighted by molar-refractivity contribution is -0.133. The third-order valence-electron chi connectivity index (χ3n) is 7.59. The maximum atomic E-state index is 11.5. The Labute approximate surface area is 135 Å². The summed E-state index contributed by atoms with van der Waals surface area (Å²) in [5.74, 6) is 2.01. The van der Waals surface area contributed by atoms with Crippen LogP contribution in [0, 0.1) is 34.5 Å². The van der Waals surface area contributed by atoms with E-state index in [0.29, 0.717) is 34.2 Å². The summed E-state index contributed by atoms with van der Waals surface area (Å²) in [6.45, 7) is 9.75. The maximum Gasteiger partial charge on any atom is 0.331 e. The van der Waals surface area contributed by atoms with E-state index in [1.165, 1.54) is 32.1 Å². The van der Waals surface area contributed by atoms with E-state index < -0.39 is 5.97 Å². The van der Waals surface area contributed by atoms with Gasteiger partial charge in [-0.2, -0.15) is 0 Å². The minimum absolute atomic E-state index is 0.406. The molecule has 2 nitrogen and oxygen atoms in total. The normalized spacial score (nSPS) is 44.3. The number of allylic oxidation sites excluding steroid dienone is 1. The summed E-state index contributed by atoms with van der Waals surface area (Å²) in [6, 6.07) is 0. The highest BCUT2D eigenvalue weighted by molar-refractivity contribution is 5.86. The van der Waals surface area contributed by atoms with E-state index in [1.807, 2.05) is 0 Å². The van der Waals surface area contributed by atoms with Gasteiger partial charge in [0, 0.05) is 5.57 Å². The first-order chi connectivity index (χ1) is 10.3. The quantitative estimate of drug-likeness (QED) is 0.715. The molecule has 0 radical (unpaired) electrons. The zero-order chi connectivity index (χ0) is 16.1. The van der Waals surface area contributed by atoms with Gasteiger partial charge in [-0.25, -0.2) is 4.79 Å². The van der Waals surface area contributed by atoms with Crippen molar-refractivity contribution in [3.05, 3.63) is 11.6 Å². The minimum Gasteiger partial charge on any atom is -0.478 e. The molecule has 3 aliphatic rings. The van der Waals surface area contributed by atoms with Crippen molar-refractivity contribution in [1.29, 1.82) is 0 Å². The number of carboxylic acid groups (broad SMARTS) is 1. The molecule has 22 heavy (non-hydrogen) atoms. The molecule has 1 N–H and O–H groups in total. The van der Waals surface area contributed by atoms with Crippen LogP contribution in [0.1, 0.15) is 72.6 Å². The Balaban J connectivity index is 1.95. The lowest BCUT2D eigenvalue weighted by atomic mass is 9.45. The SMILES string of the molecule is CC1CC(C(=O)O)=CCC2C1CCC1C(C)(C)CCCC21C. The van der Waals surface area contributed by atoms with Crippen molar-refractivity contribution < 1.29 is 9.90 Å². The molecule has 5 unspecified atom stereocenters. The fourth-order valence-electron chi connectivity index (χ4n) is 6.53. The first-order valence-corrected chi connectivity index (χ1v) is 9.18. The van der Waals surface area contributed by atoms with Crippen LogP contribution in [-0.4, -0.2) is 11.1 Å². The van der Waals surface area contributed by atoms with Crippen LogP contribution in [0.2, 0.25) is 0 Å². The Bertz CT molecular complexity index is 490. The predicted molar refractivity (Wildman–Crippen MR) is 89.6 cm³/mol. The molecule has 0 aromatic rings. The molecule has 0 saturated heterocycles. The highest BCUT2D eigenvalue weighted by atomic mass is 16.4. The molecule has 3 rings (SSSR count). The molecule has 0 heterocycles. The molecule has 5 atom stereocenters. The van der Waals surface area contributed by atoms with E-state index in [4.69, 9.17) is 0 Å². The highest BCUT2D eigenvalue weighted by Gasteiger charge is 2.55. The van der Waals surface area contributed by atoms with Gasteiger partial charge in [0.15, 0.2) is 0 Å². The van der Waals surface area contributed by atoms with Gasteiger partial charge in [-0.05, 0) is 73.0 Å². The van der Waals surface area contributed by atoms with E-state index in [2.05, 4.69) is 33.8 Å². The maximum absolute atomic E-state index is 11.5. The average molecular weight is 304 g/mol. The van der Waals surface area contributed by atoms with Crippen molar-refractivity contribution >= 4 is 5.97 Å². The van der Waals surface area contributed by atoms with Crippen molar-refractivity contribution in [3.8, 4) is 0 Å². The number of fused-ring (bicyclic) bond motifs is 3. The van der Waals surface area contributed by atoms with E-state index >= 15 is 0 Å². The first kappa shape index (κ1) is 16.1. The van der Waals surface area contributed by atoms with Gasteiger partial charge >= 0.3 is 5.97 Å². The minimum atomic E-state index is -0.698. The van der Waals surface area contributed by atoms with Crippen molar-refractivity contribution in [3.63, 3.8) is 0 Å². The second-order valence-corrected chi connectivity index (χ2v) is 9.20. The van der Waals surface area contributed by atoms with Gasteiger partial charge in [0.05, 0.1) is 0 Å². The van der Waals surface area contributed by atoms with Gasteiger partial charge in [0.2, 0.25) is 0 Å². The summed E-state index contributed by atoms with van der Waals surface area (Å²) in [5, 5.41) is 9.43. The summed E-state index contributed by atoms with van der Waals surface area (Å²) >= 11 is 0. The Morgan fingerprint density at radius 1 is 1.23 bits per heavy atom. The van der Waals surface area contributed by atoms with Gasteiger partial charge in [0.25, 0.3) is 0 Å². The zero-order valence-corrected chi connectivity index (χ0v) is 14.7. The van der Waals surface area contributed by atoms with Crippen LogP contribution in [0.4, 0.5) is 0 Å². The largest absolute Gasteiger partial charge is 0.478 e. The topological polar surface area (TPSA) is 37.3 Å². The molecular weight excluding hydrogens is 272 g/mol. The Morgan fingerprint density at radius 2 is 1.95 bits per heavy atom. The first-order valence-electron chi connectivity index (χ1n) is 9.18. The molecule has 0 aliphatic heterocycles. The Morgan fingerprint density at radius 3 is 2.64 bits per heavy atom. The number of carbonyl (C=O) groups is 1. The fraction of sp³-hybridized carbons (Fsp3) is 0.850. The second-order valence-electron chi connectivity index (χ2n) is 9.20. The number of hydrogen-bond acceptors (Lipinski definition) is 1. The van der Waals surface area contributed by atoms with E-state index in [9.17, 15) is 9.90 Å². The van der Waals surface area contributed by atoms with Crippen molar-refractivity contribution in [2.75, 3.05) is 0 Å². The fourth-order valence-corrected chi connectivity index (χ4v) is 6.53. The molecule has 2 heteroatoms. The summed E-state index contributed by atoms with van der Waals surface area (Å²) < 4.78 is 0. The van der Waals surface area contributed by atoms with Crippen LogP contribution in [-0.2, 0) is 4.79 Å². The van der Waals surface area contributed by atoms with Gasteiger partial charge in [-0.1, -0.05) is 40.2 Å². The average Bonchev–Trinajstić information content (AvgIpc) is 2.58. The molecule has 2 saturated carbocycles. The summed E-state index contributed by atoms with van der Waals surface area (Å²) in [5.41, 5.74) is 1.52. The second kappa shape index (κ2) is 5.39. The lowest BCUT2D eigenvalue weighted by Gasteiger charge is -2.60. The monoisotopic (exact) mass is 304 g/mol. The van der Waals surface area contributed by atoms with Crippen LogP contribution in [0.3, 0.4) is 0 Å². The third kappa shape index (κ3) is 2.43. The number of hydrogen-bond donors (Lipinski definition) is 1. The van der Waals surface area contributed by atoms with Crippen LogP contribution in [0.5, 0.6) is 0 Å². The molecule has 3 aliphatic carbocycles. The van der Waals surface area contributed by atoms with Gasteiger partial charge in [0.1, 0.15) is 0 Å². The van der Waals surface area contributed by atoms with Crippen molar-refractivity contribution in [1.82, 2.24) is 0 Å². The van der Waals surface area contributed by atoms with E-state index in [1.54, 1.807) is 0 Å². The molecule has 0 amide bonds. The zero-order valence-electron chi connectivity index (χ0n) is 14.7. The molecule has 2 fully saturated rings. The van der Waals surface area contributed by atoms with Crippen LogP contribution in [0.25, 0.3) is 0 Å². The Kier molecular flexibility index (Phi) is 3.94.